The van der Waals surface area contributed by atoms with Crippen LogP contribution in [0.5, 0.6) is 5.75 Å². The summed E-state index contributed by atoms with van der Waals surface area (Å²) < 4.78 is 5.61. The summed E-state index contributed by atoms with van der Waals surface area (Å²) in [6.07, 6.45) is 1.66. The monoisotopic (exact) mass is 319 g/mol. The first-order chi connectivity index (χ1) is 10.6. The number of hydrogen-bond donors (Lipinski definition) is 0. The third-order valence-corrected chi connectivity index (χ3v) is 4.21. The Morgan fingerprint density at radius 3 is 2.82 bits per heavy atom. The lowest BCUT2D eigenvalue weighted by Crippen LogP contribution is -2.48. The molecule has 1 aliphatic rings. The van der Waals surface area contributed by atoms with Gasteiger partial charge in [-0.25, -0.2) is 0 Å². The van der Waals surface area contributed by atoms with E-state index in [1.807, 2.05) is 17.0 Å². The molecule has 22 heavy (non-hydrogen) atoms. The Balaban J connectivity index is 1.63. The molecule has 2 aromatic rings. The quantitative estimate of drug-likeness (QED) is 0.868. The molecule has 0 spiro atoms. The maximum atomic E-state index is 12.1. The highest BCUT2D eigenvalue weighted by molar-refractivity contribution is 6.35. The lowest BCUT2D eigenvalue weighted by molar-refractivity contribution is -0.134. The van der Waals surface area contributed by atoms with E-state index in [0.717, 1.165) is 37.1 Å². The number of aromatic nitrogens is 1. The van der Waals surface area contributed by atoms with Gasteiger partial charge in [0.15, 0.2) is 6.61 Å². The van der Waals surface area contributed by atoms with Crippen LogP contribution < -0.4 is 4.74 Å². The molecule has 0 N–H and O–H groups in total. The molecule has 1 aromatic heterocycles. The van der Waals surface area contributed by atoms with E-state index in [1.54, 1.807) is 18.3 Å². The maximum absolute atomic E-state index is 12.1. The number of benzene rings is 1. The molecule has 5 nitrogen and oxygen atoms in total. The summed E-state index contributed by atoms with van der Waals surface area (Å²) in [5.41, 5.74) is 0.761. The third kappa shape index (κ3) is 3.31. The number of likely N-dealkylation sites (N-methyl/N-ethyl adjacent to an activating group) is 1. The fraction of sp³-hybridized carbons (Fsp3) is 0.375. The summed E-state index contributed by atoms with van der Waals surface area (Å²) in [5, 5.41) is 1.53. The molecular formula is C16H18ClN3O2. The summed E-state index contributed by atoms with van der Waals surface area (Å²) in [6.45, 7) is 3.38. The molecule has 116 valence electrons. The van der Waals surface area contributed by atoms with Gasteiger partial charge in [0.05, 0.1) is 10.5 Å². The van der Waals surface area contributed by atoms with Gasteiger partial charge in [0.2, 0.25) is 0 Å². The van der Waals surface area contributed by atoms with Crippen LogP contribution in [0.2, 0.25) is 5.02 Å². The van der Waals surface area contributed by atoms with E-state index in [9.17, 15) is 4.79 Å². The zero-order valence-electron chi connectivity index (χ0n) is 12.5. The van der Waals surface area contributed by atoms with E-state index in [2.05, 4.69) is 16.9 Å². The van der Waals surface area contributed by atoms with Crippen molar-refractivity contribution in [3.05, 3.63) is 35.5 Å². The predicted molar refractivity (Wildman–Crippen MR) is 86.3 cm³/mol. The molecule has 1 amide bonds. The SMILES string of the molecule is CN1CCN(C(=O)COc2ccc3c(Cl)ccnc3c2)CC1. The minimum absolute atomic E-state index is 0.0206. The average Bonchev–Trinajstić information content (AvgIpc) is 2.53. The van der Waals surface area contributed by atoms with Crippen molar-refractivity contribution in [2.45, 2.75) is 0 Å². The van der Waals surface area contributed by atoms with Crippen molar-refractivity contribution in [3.8, 4) is 5.75 Å². The van der Waals surface area contributed by atoms with E-state index in [4.69, 9.17) is 16.3 Å². The van der Waals surface area contributed by atoms with E-state index in [1.165, 1.54) is 0 Å². The number of carbonyl (C=O) groups is 1. The number of ether oxygens (including phenoxy) is 1. The smallest absolute Gasteiger partial charge is 0.260 e. The molecule has 0 bridgehead atoms. The second-order valence-corrected chi connectivity index (χ2v) is 5.85. The highest BCUT2D eigenvalue weighted by Gasteiger charge is 2.19. The predicted octanol–water partition coefficient (Wildman–Crippen LogP) is 2.04. The summed E-state index contributed by atoms with van der Waals surface area (Å²) >= 11 is 6.10. The van der Waals surface area contributed by atoms with Crippen molar-refractivity contribution in [2.75, 3.05) is 39.8 Å². The second kappa shape index (κ2) is 6.50. The van der Waals surface area contributed by atoms with Gasteiger partial charge in [0.1, 0.15) is 5.75 Å². The van der Waals surface area contributed by atoms with E-state index >= 15 is 0 Å². The van der Waals surface area contributed by atoms with Crippen molar-refractivity contribution in [2.24, 2.45) is 0 Å². The van der Waals surface area contributed by atoms with Crippen LogP contribution in [0.15, 0.2) is 30.5 Å². The van der Waals surface area contributed by atoms with Crippen molar-refractivity contribution < 1.29 is 9.53 Å². The zero-order chi connectivity index (χ0) is 15.5. The molecule has 3 rings (SSSR count). The van der Waals surface area contributed by atoms with Gasteiger partial charge in [-0.15, -0.1) is 0 Å². The number of rotatable bonds is 3. The van der Waals surface area contributed by atoms with E-state index in [-0.39, 0.29) is 12.5 Å². The molecule has 0 saturated carbocycles. The largest absolute Gasteiger partial charge is 0.484 e. The Kier molecular flexibility index (Phi) is 4.45. The normalized spacial score (nSPS) is 16.0. The van der Waals surface area contributed by atoms with Gasteiger partial charge in [-0.1, -0.05) is 11.6 Å². The number of amides is 1. The van der Waals surface area contributed by atoms with Crippen molar-refractivity contribution >= 4 is 28.4 Å². The van der Waals surface area contributed by atoms with Crippen LogP contribution in [0.3, 0.4) is 0 Å². The van der Waals surface area contributed by atoms with Gasteiger partial charge in [0, 0.05) is 43.8 Å². The van der Waals surface area contributed by atoms with Crippen LogP contribution >= 0.6 is 11.6 Å². The van der Waals surface area contributed by atoms with E-state index in [0.29, 0.717) is 10.8 Å². The molecular weight excluding hydrogens is 302 g/mol. The van der Waals surface area contributed by atoms with Crippen LogP contribution in [-0.4, -0.2) is 60.5 Å². The van der Waals surface area contributed by atoms with Crippen molar-refractivity contribution in [1.29, 1.82) is 0 Å². The standard InChI is InChI=1S/C16H18ClN3O2/c1-19-6-8-20(9-7-19)16(21)11-22-12-2-3-13-14(17)4-5-18-15(13)10-12/h2-5,10H,6-9,11H2,1H3. The second-order valence-electron chi connectivity index (χ2n) is 5.44. The zero-order valence-corrected chi connectivity index (χ0v) is 13.2. The Labute approximate surface area is 134 Å². The Bertz CT molecular complexity index is 684. The summed E-state index contributed by atoms with van der Waals surface area (Å²) in [5.74, 6) is 0.650. The lowest BCUT2D eigenvalue weighted by Gasteiger charge is -2.32. The summed E-state index contributed by atoms with van der Waals surface area (Å²) in [4.78, 5) is 20.5. The van der Waals surface area contributed by atoms with Gasteiger partial charge in [0.25, 0.3) is 5.91 Å². The number of nitrogens with zero attached hydrogens (tertiary/aromatic N) is 3. The molecule has 0 atom stereocenters. The number of pyridine rings is 1. The minimum atomic E-state index is 0.0206. The molecule has 1 fully saturated rings. The maximum Gasteiger partial charge on any atom is 0.260 e. The molecule has 1 aliphatic heterocycles. The lowest BCUT2D eigenvalue weighted by atomic mass is 10.2. The fourth-order valence-electron chi connectivity index (χ4n) is 2.48. The minimum Gasteiger partial charge on any atom is -0.484 e. The van der Waals surface area contributed by atoms with Gasteiger partial charge in [-0.2, -0.15) is 0 Å². The van der Waals surface area contributed by atoms with E-state index < -0.39 is 0 Å². The Morgan fingerprint density at radius 2 is 2.05 bits per heavy atom. The molecule has 0 aliphatic carbocycles. The van der Waals surface area contributed by atoms with Crippen molar-refractivity contribution in [3.63, 3.8) is 0 Å². The molecule has 0 radical (unpaired) electrons. The number of fused-ring (bicyclic) bond motifs is 1. The first kappa shape index (κ1) is 15.1. The van der Waals surface area contributed by atoms with Crippen LogP contribution in [0.25, 0.3) is 10.9 Å². The topological polar surface area (TPSA) is 45.7 Å². The van der Waals surface area contributed by atoms with Crippen LogP contribution in [0.1, 0.15) is 0 Å². The van der Waals surface area contributed by atoms with Gasteiger partial charge >= 0.3 is 0 Å². The first-order valence-corrected chi connectivity index (χ1v) is 7.65. The fourth-order valence-corrected chi connectivity index (χ4v) is 2.69. The van der Waals surface area contributed by atoms with Gasteiger partial charge in [-0.3, -0.25) is 9.78 Å². The molecule has 0 unspecified atom stereocenters. The van der Waals surface area contributed by atoms with Crippen LogP contribution in [-0.2, 0) is 4.79 Å². The van der Waals surface area contributed by atoms with Crippen LogP contribution in [0, 0.1) is 0 Å². The number of piperazine rings is 1. The number of hydrogen-bond acceptors (Lipinski definition) is 4. The first-order valence-electron chi connectivity index (χ1n) is 7.27. The molecule has 2 heterocycles. The highest BCUT2D eigenvalue weighted by atomic mass is 35.5. The summed E-state index contributed by atoms with van der Waals surface area (Å²) in [7, 11) is 2.06. The van der Waals surface area contributed by atoms with Crippen molar-refractivity contribution in [1.82, 2.24) is 14.8 Å². The Hall–Kier alpha value is -1.85. The summed E-state index contributed by atoms with van der Waals surface area (Å²) in [6, 6.07) is 7.23. The van der Waals surface area contributed by atoms with Gasteiger partial charge < -0.3 is 14.5 Å². The van der Waals surface area contributed by atoms with Gasteiger partial charge in [-0.05, 0) is 25.2 Å². The molecule has 6 heteroatoms. The number of halogens is 1. The molecule has 1 saturated heterocycles. The average molecular weight is 320 g/mol. The highest BCUT2D eigenvalue weighted by Crippen LogP contribution is 2.25. The van der Waals surface area contributed by atoms with Crippen LogP contribution in [0.4, 0.5) is 0 Å². The number of carbonyl (C=O) groups excluding carboxylic acids is 1. The molecule has 1 aromatic carbocycles. The third-order valence-electron chi connectivity index (χ3n) is 3.88. The Morgan fingerprint density at radius 1 is 1.27 bits per heavy atom.